The Morgan fingerprint density at radius 1 is 1.10 bits per heavy atom. The van der Waals surface area contributed by atoms with Crippen LogP contribution in [-0.4, -0.2) is 31.1 Å². The lowest BCUT2D eigenvalue weighted by Gasteiger charge is -2.26. The van der Waals surface area contributed by atoms with E-state index in [1.807, 2.05) is 44.2 Å². The van der Waals surface area contributed by atoms with E-state index >= 15 is 0 Å². The summed E-state index contributed by atoms with van der Waals surface area (Å²) in [6, 6.07) is 9.73. The van der Waals surface area contributed by atoms with Crippen LogP contribution in [0.25, 0.3) is 21.7 Å². The highest BCUT2D eigenvalue weighted by atomic mass is 32.1. The van der Waals surface area contributed by atoms with Gasteiger partial charge in [0.05, 0.1) is 27.0 Å². The number of aromatic amines is 1. The largest absolute Gasteiger partial charge is 0.457 e. The number of pyridine rings is 1. The summed E-state index contributed by atoms with van der Waals surface area (Å²) in [7, 11) is 0. The highest BCUT2D eigenvalue weighted by Gasteiger charge is 2.24. The van der Waals surface area contributed by atoms with E-state index in [2.05, 4.69) is 15.0 Å². The normalized spacial score (nSPS) is 19.1. The Morgan fingerprint density at radius 2 is 1.94 bits per heavy atom. The molecule has 7 heteroatoms. The van der Waals surface area contributed by atoms with Crippen molar-refractivity contribution in [1.29, 1.82) is 0 Å². The second kappa shape index (κ2) is 8.40. The number of aryl methyl sites for hydroxylation is 2. The van der Waals surface area contributed by atoms with Crippen molar-refractivity contribution in [2.45, 2.75) is 52.1 Å². The predicted molar refractivity (Wildman–Crippen MR) is 123 cm³/mol. The molecule has 4 aromatic rings. The van der Waals surface area contributed by atoms with Gasteiger partial charge in [0.2, 0.25) is 0 Å². The Labute approximate surface area is 185 Å². The van der Waals surface area contributed by atoms with Crippen LogP contribution in [0.15, 0.2) is 36.5 Å². The number of imidazole rings is 1. The van der Waals surface area contributed by atoms with Crippen molar-refractivity contribution < 1.29 is 9.84 Å². The Bertz CT molecular complexity index is 1200. The van der Waals surface area contributed by atoms with Gasteiger partial charge in [0.25, 0.3) is 0 Å². The van der Waals surface area contributed by atoms with Crippen LogP contribution in [0, 0.1) is 19.8 Å². The summed E-state index contributed by atoms with van der Waals surface area (Å²) in [5.41, 5.74) is 3.74. The fraction of sp³-hybridized carbons (Fsp3) is 0.375. The molecule has 2 N–H and O–H groups in total. The minimum Gasteiger partial charge on any atom is -0.457 e. The molecule has 6 nitrogen and oxygen atoms in total. The van der Waals surface area contributed by atoms with Crippen LogP contribution in [0.3, 0.4) is 0 Å². The highest BCUT2D eigenvalue weighted by Crippen LogP contribution is 2.33. The number of nitrogens with zero attached hydrogens (tertiary/aromatic N) is 3. The number of benzene rings is 1. The molecule has 0 spiro atoms. The van der Waals surface area contributed by atoms with E-state index < -0.39 is 0 Å². The van der Waals surface area contributed by atoms with Gasteiger partial charge < -0.3 is 14.8 Å². The molecule has 1 aliphatic carbocycles. The number of thiazole rings is 1. The molecular formula is C24H26N4O2S. The first-order valence-electron chi connectivity index (χ1n) is 10.8. The van der Waals surface area contributed by atoms with E-state index in [0.29, 0.717) is 11.7 Å². The van der Waals surface area contributed by atoms with Gasteiger partial charge in [-0.3, -0.25) is 4.98 Å². The van der Waals surface area contributed by atoms with E-state index in [9.17, 15) is 5.11 Å². The molecule has 1 aliphatic rings. The predicted octanol–water partition coefficient (Wildman–Crippen LogP) is 5.58. The lowest BCUT2D eigenvalue weighted by atomic mass is 9.84. The van der Waals surface area contributed by atoms with E-state index in [1.54, 1.807) is 17.5 Å². The monoisotopic (exact) mass is 434 g/mol. The molecule has 0 aliphatic heterocycles. The summed E-state index contributed by atoms with van der Waals surface area (Å²) in [6.07, 6.45) is 6.73. The number of aliphatic hydroxyl groups excluding tert-OH is 1. The fourth-order valence-corrected chi connectivity index (χ4v) is 5.25. The molecule has 2 atom stereocenters. The van der Waals surface area contributed by atoms with E-state index in [4.69, 9.17) is 9.72 Å². The van der Waals surface area contributed by atoms with Crippen LogP contribution in [0.5, 0.6) is 11.5 Å². The summed E-state index contributed by atoms with van der Waals surface area (Å²) in [5.74, 6) is 2.55. The maximum atomic E-state index is 10.3. The molecule has 1 aromatic carbocycles. The van der Waals surface area contributed by atoms with Gasteiger partial charge in [0.15, 0.2) is 5.82 Å². The molecule has 1 fully saturated rings. The molecule has 1 saturated carbocycles. The number of H-pyrrole nitrogens is 1. The maximum Gasteiger partial charge on any atom is 0.156 e. The lowest BCUT2D eigenvalue weighted by Crippen LogP contribution is -2.26. The van der Waals surface area contributed by atoms with Crippen LogP contribution in [0.2, 0.25) is 0 Å². The third-order valence-corrected chi connectivity index (χ3v) is 7.09. The standard InChI is InChI=1S/C24H26N4O2S/c1-14-15(2)27-24(26-14)20-12-18(9-10-25-20)30-17-7-8-19-22(13-17)31-23(28-19)11-16-5-3-4-6-21(16)29/h7-10,12-13,16,21,29H,3-6,11H2,1-2H3,(H,26,27)/t16-,21+/m0/s1. The molecule has 3 aromatic heterocycles. The van der Waals surface area contributed by atoms with Crippen molar-refractivity contribution in [2.24, 2.45) is 5.92 Å². The van der Waals surface area contributed by atoms with Gasteiger partial charge in [-0.1, -0.05) is 12.8 Å². The first kappa shape index (κ1) is 20.2. The van der Waals surface area contributed by atoms with Crippen molar-refractivity contribution in [1.82, 2.24) is 19.9 Å². The molecule has 3 heterocycles. The van der Waals surface area contributed by atoms with Crippen molar-refractivity contribution in [2.75, 3.05) is 0 Å². The second-order valence-electron chi connectivity index (χ2n) is 8.33. The zero-order valence-electron chi connectivity index (χ0n) is 17.8. The average Bonchev–Trinajstić information content (AvgIpc) is 3.32. The highest BCUT2D eigenvalue weighted by molar-refractivity contribution is 7.18. The summed E-state index contributed by atoms with van der Waals surface area (Å²) in [5, 5.41) is 11.4. The van der Waals surface area contributed by atoms with Gasteiger partial charge in [-0.05, 0) is 50.8 Å². The molecule has 0 saturated heterocycles. The number of ether oxygens (including phenoxy) is 1. The van der Waals surface area contributed by atoms with Crippen LogP contribution in [0.4, 0.5) is 0 Å². The quantitative estimate of drug-likeness (QED) is 0.428. The lowest BCUT2D eigenvalue weighted by molar-refractivity contribution is 0.0700. The minimum atomic E-state index is -0.192. The Kier molecular flexibility index (Phi) is 5.46. The topological polar surface area (TPSA) is 83.9 Å². The number of rotatable bonds is 5. The Morgan fingerprint density at radius 3 is 2.74 bits per heavy atom. The molecule has 5 rings (SSSR count). The summed E-state index contributed by atoms with van der Waals surface area (Å²) in [4.78, 5) is 17.0. The summed E-state index contributed by atoms with van der Waals surface area (Å²) in [6.45, 7) is 3.98. The van der Waals surface area contributed by atoms with Gasteiger partial charge in [-0.15, -0.1) is 11.3 Å². The third-order valence-electron chi connectivity index (χ3n) is 6.05. The van der Waals surface area contributed by atoms with Crippen molar-refractivity contribution in [3.05, 3.63) is 52.9 Å². The van der Waals surface area contributed by atoms with E-state index in [0.717, 1.165) is 69.6 Å². The SMILES string of the molecule is Cc1nc(-c2cc(Oc3ccc4nc(C[C@@H]5CCCC[C@H]5O)sc4c3)ccn2)[nH]c1C. The van der Waals surface area contributed by atoms with Gasteiger partial charge in [-0.2, -0.15) is 0 Å². The molecule has 0 amide bonds. The van der Waals surface area contributed by atoms with E-state index in [-0.39, 0.29) is 6.10 Å². The maximum absolute atomic E-state index is 10.3. The smallest absolute Gasteiger partial charge is 0.156 e. The van der Waals surface area contributed by atoms with Gasteiger partial charge in [-0.25, -0.2) is 9.97 Å². The number of hydrogen-bond acceptors (Lipinski definition) is 6. The van der Waals surface area contributed by atoms with Crippen molar-refractivity contribution >= 4 is 21.6 Å². The first-order valence-corrected chi connectivity index (χ1v) is 11.6. The van der Waals surface area contributed by atoms with Crippen LogP contribution < -0.4 is 4.74 Å². The minimum absolute atomic E-state index is 0.192. The number of aliphatic hydroxyl groups is 1. The van der Waals surface area contributed by atoms with Crippen LogP contribution in [-0.2, 0) is 6.42 Å². The number of hydrogen-bond donors (Lipinski definition) is 2. The number of aromatic nitrogens is 4. The van der Waals surface area contributed by atoms with Gasteiger partial charge >= 0.3 is 0 Å². The van der Waals surface area contributed by atoms with Gasteiger partial charge in [0.1, 0.15) is 17.2 Å². The van der Waals surface area contributed by atoms with E-state index in [1.165, 1.54) is 6.42 Å². The molecular weight excluding hydrogens is 408 g/mol. The molecule has 0 bridgehead atoms. The third kappa shape index (κ3) is 4.34. The number of fused-ring (bicyclic) bond motifs is 1. The Hall–Kier alpha value is -2.77. The van der Waals surface area contributed by atoms with Gasteiger partial charge in [0, 0.05) is 30.4 Å². The fourth-order valence-electron chi connectivity index (χ4n) is 4.16. The zero-order valence-corrected chi connectivity index (χ0v) is 18.6. The molecule has 31 heavy (non-hydrogen) atoms. The summed E-state index contributed by atoms with van der Waals surface area (Å²) < 4.78 is 7.22. The molecule has 0 unspecified atom stereocenters. The Balaban J connectivity index is 1.34. The average molecular weight is 435 g/mol. The van der Waals surface area contributed by atoms with Crippen molar-refractivity contribution in [3.63, 3.8) is 0 Å². The summed E-state index contributed by atoms with van der Waals surface area (Å²) >= 11 is 1.69. The first-order chi connectivity index (χ1) is 15.0. The second-order valence-corrected chi connectivity index (χ2v) is 9.44. The van der Waals surface area contributed by atoms with Crippen LogP contribution >= 0.6 is 11.3 Å². The zero-order chi connectivity index (χ0) is 21.4. The van der Waals surface area contributed by atoms with Crippen LogP contribution in [0.1, 0.15) is 42.1 Å². The van der Waals surface area contributed by atoms with Crippen molar-refractivity contribution in [3.8, 4) is 23.0 Å². The number of nitrogens with one attached hydrogen (secondary N) is 1. The molecule has 0 radical (unpaired) electrons. The molecule has 160 valence electrons.